The third-order valence-corrected chi connectivity index (χ3v) is 4.91. The third kappa shape index (κ3) is 3.95. The van der Waals surface area contributed by atoms with Gasteiger partial charge in [-0.25, -0.2) is 0 Å². The average molecular weight is 322 g/mol. The first kappa shape index (κ1) is 18.4. The molecule has 0 saturated carbocycles. The van der Waals surface area contributed by atoms with E-state index >= 15 is 0 Å². The molecule has 1 heteroatoms. The van der Waals surface area contributed by atoms with Gasteiger partial charge < -0.3 is 0 Å². The topological polar surface area (TPSA) is 17.1 Å². The molecule has 0 aliphatic heterocycles. The fourth-order valence-corrected chi connectivity index (χ4v) is 3.32. The maximum absolute atomic E-state index is 11.9. The van der Waals surface area contributed by atoms with Crippen molar-refractivity contribution in [2.45, 2.75) is 59.8 Å². The quantitative estimate of drug-likeness (QED) is 0.604. The van der Waals surface area contributed by atoms with Gasteiger partial charge in [0.15, 0.2) is 0 Å². The molecule has 0 aliphatic carbocycles. The van der Waals surface area contributed by atoms with E-state index in [4.69, 9.17) is 0 Å². The molecular weight excluding hydrogens is 292 g/mol. The minimum atomic E-state index is 0.0508. The molecule has 2 aromatic carbocycles. The molecule has 0 fully saturated rings. The summed E-state index contributed by atoms with van der Waals surface area (Å²) >= 11 is 0. The van der Waals surface area contributed by atoms with Gasteiger partial charge in [0.05, 0.1) is 0 Å². The van der Waals surface area contributed by atoms with Gasteiger partial charge >= 0.3 is 0 Å². The van der Waals surface area contributed by atoms with E-state index in [0.717, 1.165) is 6.42 Å². The number of benzene rings is 2. The Morgan fingerprint density at radius 1 is 0.792 bits per heavy atom. The SMILES string of the molecule is CC(=O)C(C)Cc1c(-c2ccccc2C(C)C)cccc1C(C)C. The first-order valence-electron chi connectivity index (χ1n) is 9.04. The normalized spacial score (nSPS) is 12.7. The Morgan fingerprint density at radius 3 is 1.92 bits per heavy atom. The minimum absolute atomic E-state index is 0.0508. The summed E-state index contributed by atoms with van der Waals surface area (Å²) in [6, 6.07) is 15.3. The van der Waals surface area contributed by atoms with Crippen LogP contribution >= 0.6 is 0 Å². The van der Waals surface area contributed by atoms with Gasteiger partial charge in [0, 0.05) is 5.92 Å². The van der Waals surface area contributed by atoms with Gasteiger partial charge in [0.2, 0.25) is 0 Å². The van der Waals surface area contributed by atoms with Crippen LogP contribution in [0.3, 0.4) is 0 Å². The van der Waals surface area contributed by atoms with Crippen LogP contribution in [-0.2, 0) is 11.2 Å². The second-order valence-electron chi connectivity index (χ2n) is 7.49. The minimum Gasteiger partial charge on any atom is -0.300 e. The molecule has 2 rings (SSSR count). The van der Waals surface area contributed by atoms with Gasteiger partial charge in [-0.3, -0.25) is 4.79 Å². The van der Waals surface area contributed by atoms with Crippen molar-refractivity contribution in [3.63, 3.8) is 0 Å². The number of carbonyl (C=O) groups excluding carboxylic acids is 1. The Bertz CT molecular complexity index is 710. The van der Waals surface area contributed by atoms with E-state index in [0.29, 0.717) is 11.8 Å². The van der Waals surface area contributed by atoms with Crippen molar-refractivity contribution in [3.8, 4) is 11.1 Å². The molecule has 0 aromatic heterocycles. The van der Waals surface area contributed by atoms with Crippen molar-refractivity contribution in [3.05, 3.63) is 59.2 Å². The van der Waals surface area contributed by atoms with Gasteiger partial charge in [-0.2, -0.15) is 0 Å². The van der Waals surface area contributed by atoms with Crippen LogP contribution in [0.5, 0.6) is 0 Å². The summed E-state index contributed by atoms with van der Waals surface area (Å²) in [4.78, 5) is 11.9. The van der Waals surface area contributed by atoms with Crippen molar-refractivity contribution in [1.29, 1.82) is 0 Å². The van der Waals surface area contributed by atoms with Crippen LogP contribution in [-0.4, -0.2) is 5.78 Å². The van der Waals surface area contributed by atoms with Crippen LogP contribution in [0.2, 0.25) is 0 Å². The number of Topliss-reactive ketones (excluding diaryl/α,β-unsaturated/α-hetero) is 1. The fourth-order valence-electron chi connectivity index (χ4n) is 3.32. The lowest BCUT2D eigenvalue weighted by Gasteiger charge is -2.22. The lowest BCUT2D eigenvalue weighted by Crippen LogP contribution is -2.12. The molecule has 0 aliphatic rings. The Kier molecular flexibility index (Phi) is 5.99. The summed E-state index contributed by atoms with van der Waals surface area (Å²) < 4.78 is 0. The van der Waals surface area contributed by atoms with Crippen LogP contribution in [0.25, 0.3) is 11.1 Å². The van der Waals surface area contributed by atoms with Gasteiger partial charge in [0.25, 0.3) is 0 Å². The maximum atomic E-state index is 11.9. The highest BCUT2D eigenvalue weighted by atomic mass is 16.1. The lowest BCUT2D eigenvalue weighted by molar-refractivity contribution is -0.120. The number of rotatable bonds is 6. The predicted molar refractivity (Wildman–Crippen MR) is 104 cm³/mol. The zero-order valence-corrected chi connectivity index (χ0v) is 15.9. The number of ketones is 1. The Labute approximate surface area is 147 Å². The van der Waals surface area contributed by atoms with Gasteiger partial charge in [-0.15, -0.1) is 0 Å². The van der Waals surface area contributed by atoms with E-state index in [-0.39, 0.29) is 11.7 Å². The van der Waals surface area contributed by atoms with Crippen LogP contribution in [0.4, 0.5) is 0 Å². The monoisotopic (exact) mass is 322 g/mol. The summed E-state index contributed by atoms with van der Waals surface area (Å²) in [5, 5.41) is 0. The highest BCUT2D eigenvalue weighted by molar-refractivity contribution is 5.79. The van der Waals surface area contributed by atoms with E-state index in [1.807, 2.05) is 6.92 Å². The second-order valence-corrected chi connectivity index (χ2v) is 7.49. The summed E-state index contributed by atoms with van der Waals surface area (Å²) in [6.45, 7) is 12.7. The van der Waals surface area contributed by atoms with Crippen molar-refractivity contribution >= 4 is 5.78 Å². The molecule has 24 heavy (non-hydrogen) atoms. The van der Waals surface area contributed by atoms with E-state index in [9.17, 15) is 4.79 Å². The van der Waals surface area contributed by atoms with Gasteiger partial charge in [0.1, 0.15) is 5.78 Å². The summed E-state index contributed by atoms with van der Waals surface area (Å²) in [5.74, 6) is 1.24. The molecule has 0 heterocycles. The highest BCUT2D eigenvalue weighted by Gasteiger charge is 2.19. The first-order chi connectivity index (χ1) is 11.3. The Hall–Kier alpha value is -1.89. The summed E-state index contributed by atoms with van der Waals surface area (Å²) in [6.07, 6.45) is 0.811. The van der Waals surface area contributed by atoms with E-state index in [1.54, 1.807) is 6.92 Å². The van der Waals surface area contributed by atoms with Crippen LogP contribution in [0, 0.1) is 5.92 Å². The lowest BCUT2D eigenvalue weighted by atomic mass is 9.82. The molecule has 0 bridgehead atoms. The van der Waals surface area contributed by atoms with Crippen molar-refractivity contribution in [2.24, 2.45) is 5.92 Å². The molecule has 0 saturated heterocycles. The highest BCUT2D eigenvalue weighted by Crippen LogP contribution is 2.36. The molecule has 0 radical (unpaired) electrons. The smallest absolute Gasteiger partial charge is 0.132 e. The molecule has 0 N–H and O–H groups in total. The predicted octanol–water partition coefficient (Wildman–Crippen LogP) is 6.37. The molecule has 0 spiro atoms. The van der Waals surface area contributed by atoms with E-state index in [2.05, 4.69) is 70.2 Å². The van der Waals surface area contributed by atoms with Crippen molar-refractivity contribution in [2.75, 3.05) is 0 Å². The molecule has 0 amide bonds. The number of carbonyl (C=O) groups is 1. The zero-order chi connectivity index (χ0) is 17.9. The van der Waals surface area contributed by atoms with Crippen molar-refractivity contribution < 1.29 is 4.79 Å². The van der Waals surface area contributed by atoms with Crippen LogP contribution in [0.1, 0.15) is 70.1 Å². The molecule has 1 unspecified atom stereocenters. The fraction of sp³-hybridized carbons (Fsp3) is 0.435. The summed E-state index contributed by atoms with van der Waals surface area (Å²) in [7, 11) is 0. The number of hydrogen-bond donors (Lipinski definition) is 0. The van der Waals surface area contributed by atoms with Crippen molar-refractivity contribution in [1.82, 2.24) is 0 Å². The first-order valence-corrected chi connectivity index (χ1v) is 9.04. The van der Waals surface area contributed by atoms with E-state index in [1.165, 1.54) is 27.8 Å². The van der Waals surface area contributed by atoms with Crippen LogP contribution in [0.15, 0.2) is 42.5 Å². The largest absolute Gasteiger partial charge is 0.300 e. The molecule has 1 nitrogen and oxygen atoms in total. The molecular formula is C23H30O. The number of hydrogen-bond acceptors (Lipinski definition) is 1. The zero-order valence-electron chi connectivity index (χ0n) is 15.9. The Balaban J connectivity index is 2.66. The second kappa shape index (κ2) is 7.79. The molecule has 1 atom stereocenters. The van der Waals surface area contributed by atoms with Gasteiger partial charge in [-0.05, 0) is 53.0 Å². The van der Waals surface area contributed by atoms with Crippen LogP contribution < -0.4 is 0 Å². The molecule has 2 aromatic rings. The van der Waals surface area contributed by atoms with E-state index < -0.39 is 0 Å². The molecule has 128 valence electrons. The maximum Gasteiger partial charge on any atom is 0.132 e. The standard InChI is InChI=1S/C23H30O/c1-15(2)19-10-7-8-11-21(19)22-13-9-12-20(16(3)4)23(22)14-17(5)18(6)24/h7-13,15-17H,14H2,1-6H3. The average Bonchev–Trinajstić information content (AvgIpc) is 2.54. The van der Waals surface area contributed by atoms with Gasteiger partial charge in [-0.1, -0.05) is 77.1 Å². The third-order valence-electron chi connectivity index (χ3n) is 4.91. The Morgan fingerprint density at radius 2 is 1.33 bits per heavy atom. The summed E-state index contributed by atoms with van der Waals surface area (Å²) in [5.41, 5.74) is 6.66.